The van der Waals surface area contributed by atoms with Gasteiger partial charge in [-0.25, -0.2) is 4.79 Å². The van der Waals surface area contributed by atoms with E-state index in [0.29, 0.717) is 46.9 Å². The summed E-state index contributed by atoms with van der Waals surface area (Å²) in [4.78, 5) is 27.4. The SMILES string of the molecule is COc1ccccc1[C@H]1C(C(=O)OCCc2ccccc2)=C(C)NC2=C1C(=O)C[C@@H](c1ccc(Cl)cc1)C2. The van der Waals surface area contributed by atoms with E-state index in [0.717, 1.165) is 22.4 Å². The van der Waals surface area contributed by atoms with Crippen molar-refractivity contribution < 1.29 is 19.1 Å². The Bertz CT molecular complexity index is 1410. The molecule has 2 atom stereocenters. The molecule has 1 heterocycles. The second-order valence-corrected chi connectivity index (χ2v) is 10.1. The van der Waals surface area contributed by atoms with Crippen molar-refractivity contribution in [2.24, 2.45) is 0 Å². The number of esters is 1. The maximum absolute atomic E-state index is 13.8. The molecule has 3 aromatic carbocycles. The predicted octanol–water partition coefficient (Wildman–Crippen LogP) is 6.50. The lowest BCUT2D eigenvalue weighted by Gasteiger charge is -2.37. The van der Waals surface area contributed by atoms with Gasteiger partial charge in [0.1, 0.15) is 5.75 Å². The Labute approximate surface area is 228 Å². The number of allylic oxidation sites excluding steroid dienone is 3. The van der Waals surface area contributed by atoms with Crippen LogP contribution in [0.1, 0.15) is 48.3 Å². The summed E-state index contributed by atoms with van der Waals surface area (Å²) in [6.07, 6.45) is 1.62. The quantitative estimate of drug-likeness (QED) is 0.355. The molecule has 2 aliphatic rings. The molecular formula is C32H30ClNO4. The highest BCUT2D eigenvalue weighted by Crippen LogP contribution is 2.47. The van der Waals surface area contributed by atoms with Crippen LogP contribution in [0.25, 0.3) is 0 Å². The minimum atomic E-state index is -0.578. The summed E-state index contributed by atoms with van der Waals surface area (Å²) in [7, 11) is 1.60. The zero-order valence-corrected chi connectivity index (χ0v) is 22.3. The van der Waals surface area contributed by atoms with Crippen LogP contribution in [-0.4, -0.2) is 25.5 Å². The van der Waals surface area contributed by atoms with E-state index in [9.17, 15) is 9.59 Å². The van der Waals surface area contributed by atoms with Crippen molar-refractivity contribution in [1.29, 1.82) is 0 Å². The number of rotatable bonds is 7. The number of halogens is 1. The highest BCUT2D eigenvalue weighted by molar-refractivity contribution is 6.30. The Hall–Kier alpha value is -3.83. The smallest absolute Gasteiger partial charge is 0.336 e. The van der Waals surface area contributed by atoms with Crippen LogP contribution in [0.2, 0.25) is 5.02 Å². The molecule has 0 amide bonds. The summed E-state index contributed by atoms with van der Waals surface area (Å²) in [5, 5.41) is 4.07. The summed E-state index contributed by atoms with van der Waals surface area (Å²) in [6.45, 7) is 2.12. The summed E-state index contributed by atoms with van der Waals surface area (Å²) in [5.74, 6) is -0.347. The first-order valence-corrected chi connectivity index (χ1v) is 13.2. The van der Waals surface area contributed by atoms with Gasteiger partial charge >= 0.3 is 5.97 Å². The number of hydrogen-bond acceptors (Lipinski definition) is 5. The van der Waals surface area contributed by atoms with Crippen LogP contribution in [0.15, 0.2) is 101 Å². The molecule has 194 valence electrons. The van der Waals surface area contributed by atoms with Crippen LogP contribution < -0.4 is 10.1 Å². The number of ether oxygens (including phenoxy) is 2. The minimum Gasteiger partial charge on any atom is -0.496 e. The van der Waals surface area contributed by atoms with Crippen LogP contribution in [0.3, 0.4) is 0 Å². The average molecular weight is 528 g/mol. The van der Waals surface area contributed by atoms with Gasteiger partial charge in [-0.2, -0.15) is 0 Å². The lowest BCUT2D eigenvalue weighted by atomic mass is 9.71. The topological polar surface area (TPSA) is 64.6 Å². The highest BCUT2D eigenvalue weighted by Gasteiger charge is 2.42. The number of para-hydroxylation sites is 1. The average Bonchev–Trinajstić information content (AvgIpc) is 2.93. The molecule has 0 unspecified atom stereocenters. The number of Topliss-reactive ketones (excluding diaryl/α,β-unsaturated/α-hetero) is 1. The maximum atomic E-state index is 13.8. The number of dihydropyridines is 1. The number of carbonyl (C=O) groups is 2. The van der Waals surface area contributed by atoms with Crippen molar-refractivity contribution in [2.75, 3.05) is 13.7 Å². The number of hydrogen-bond donors (Lipinski definition) is 1. The molecule has 0 spiro atoms. The number of carbonyl (C=O) groups excluding carboxylic acids is 2. The zero-order valence-electron chi connectivity index (χ0n) is 21.5. The Morgan fingerprint density at radius 2 is 1.68 bits per heavy atom. The molecule has 3 aromatic rings. The van der Waals surface area contributed by atoms with Crippen molar-refractivity contribution >= 4 is 23.4 Å². The Balaban J connectivity index is 1.49. The van der Waals surface area contributed by atoms with Crippen molar-refractivity contribution in [3.05, 3.63) is 123 Å². The molecule has 0 saturated heterocycles. The fourth-order valence-electron chi connectivity index (χ4n) is 5.48. The van der Waals surface area contributed by atoms with E-state index in [1.54, 1.807) is 7.11 Å². The van der Waals surface area contributed by atoms with E-state index >= 15 is 0 Å². The molecule has 0 fully saturated rings. The van der Waals surface area contributed by atoms with Crippen LogP contribution in [0, 0.1) is 0 Å². The van der Waals surface area contributed by atoms with Gasteiger partial charge < -0.3 is 14.8 Å². The molecule has 5 nitrogen and oxygen atoms in total. The number of methoxy groups -OCH3 is 1. The van der Waals surface area contributed by atoms with Gasteiger partial charge in [-0.05, 0) is 48.6 Å². The Morgan fingerprint density at radius 1 is 0.974 bits per heavy atom. The standard InChI is InChI=1S/C32H30ClNO4/c1-20-29(32(36)38-17-16-21-8-4-3-5-9-21)30(25-10-6-7-11-28(25)37-2)31-26(34-20)18-23(19-27(31)35)22-12-14-24(33)15-13-22/h3-15,23,30,34H,16-19H2,1-2H3/t23-,30-/m0/s1. The monoisotopic (exact) mass is 527 g/mol. The second-order valence-electron chi connectivity index (χ2n) is 9.68. The molecule has 0 bridgehead atoms. The van der Waals surface area contributed by atoms with Crippen LogP contribution in [-0.2, 0) is 20.7 Å². The first-order valence-electron chi connectivity index (χ1n) is 12.8. The summed E-state index contributed by atoms with van der Waals surface area (Å²) in [6, 6.07) is 25.1. The van der Waals surface area contributed by atoms with E-state index < -0.39 is 11.9 Å². The lowest BCUT2D eigenvalue weighted by Crippen LogP contribution is -2.36. The summed E-state index contributed by atoms with van der Waals surface area (Å²) >= 11 is 6.09. The molecular weight excluding hydrogens is 498 g/mol. The van der Waals surface area contributed by atoms with E-state index in [4.69, 9.17) is 21.1 Å². The van der Waals surface area contributed by atoms with Crippen LogP contribution in [0.4, 0.5) is 0 Å². The Morgan fingerprint density at radius 3 is 2.42 bits per heavy atom. The fraction of sp³-hybridized carbons (Fsp3) is 0.250. The molecule has 1 aliphatic heterocycles. The first-order chi connectivity index (χ1) is 18.5. The molecule has 1 aliphatic carbocycles. The van der Waals surface area contributed by atoms with Crippen LogP contribution in [0.5, 0.6) is 5.75 Å². The van der Waals surface area contributed by atoms with E-state index in [2.05, 4.69) is 5.32 Å². The largest absolute Gasteiger partial charge is 0.496 e. The summed E-state index contributed by atoms with van der Waals surface area (Å²) < 4.78 is 11.4. The second kappa shape index (κ2) is 11.3. The van der Waals surface area contributed by atoms with Gasteiger partial charge in [0.25, 0.3) is 0 Å². The normalized spacial score (nSPS) is 19.1. The minimum absolute atomic E-state index is 0.0108. The van der Waals surface area contributed by atoms with Gasteiger partial charge in [0.2, 0.25) is 0 Å². The Kier molecular flexibility index (Phi) is 7.66. The van der Waals surface area contributed by atoms with E-state index in [1.807, 2.05) is 85.8 Å². The third kappa shape index (κ3) is 5.25. The van der Waals surface area contributed by atoms with Crippen molar-refractivity contribution in [3.8, 4) is 5.75 Å². The van der Waals surface area contributed by atoms with Crippen LogP contribution >= 0.6 is 11.6 Å². The molecule has 38 heavy (non-hydrogen) atoms. The predicted molar refractivity (Wildman–Crippen MR) is 148 cm³/mol. The third-order valence-corrected chi connectivity index (χ3v) is 7.56. The molecule has 1 N–H and O–H groups in total. The van der Waals surface area contributed by atoms with Gasteiger partial charge in [0, 0.05) is 40.4 Å². The molecule has 0 radical (unpaired) electrons. The first kappa shape index (κ1) is 25.8. The van der Waals surface area contributed by atoms with Crippen molar-refractivity contribution in [3.63, 3.8) is 0 Å². The van der Waals surface area contributed by atoms with Gasteiger partial charge in [-0.15, -0.1) is 0 Å². The number of nitrogens with one attached hydrogen (secondary N) is 1. The van der Waals surface area contributed by atoms with Crippen molar-refractivity contribution in [1.82, 2.24) is 5.32 Å². The zero-order chi connectivity index (χ0) is 26.6. The number of benzene rings is 3. The molecule has 5 rings (SSSR count). The molecule has 0 aromatic heterocycles. The summed E-state index contributed by atoms with van der Waals surface area (Å²) in [5.41, 5.74) is 5.52. The number of ketones is 1. The maximum Gasteiger partial charge on any atom is 0.336 e. The van der Waals surface area contributed by atoms with E-state index in [1.165, 1.54) is 0 Å². The highest BCUT2D eigenvalue weighted by atomic mass is 35.5. The fourth-order valence-corrected chi connectivity index (χ4v) is 5.61. The van der Waals surface area contributed by atoms with E-state index in [-0.39, 0.29) is 18.3 Å². The molecule has 6 heteroatoms. The lowest BCUT2D eigenvalue weighted by molar-refractivity contribution is -0.139. The van der Waals surface area contributed by atoms with Gasteiger partial charge in [-0.3, -0.25) is 4.79 Å². The third-order valence-electron chi connectivity index (χ3n) is 7.31. The van der Waals surface area contributed by atoms with Gasteiger partial charge in [0.05, 0.1) is 25.2 Å². The van der Waals surface area contributed by atoms with Gasteiger partial charge in [0.15, 0.2) is 5.78 Å². The molecule has 0 saturated carbocycles. The van der Waals surface area contributed by atoms with Crippen molar-refractivity contribution in [2.45, 2.75) is 38.0 Å². The van der Waals surface area contributed by atoms with Gasteiger partial charge in [-0.1, -0.05) is 72.3 Å².